The Labute approximate surface area is 116 Å². The molecular formula is C11H10BrN3O2S. The maximum absolute atomic E-state index is 12.1. The topological polar surface area (TPSA) is 77.2 Å². The Morgan fingerprint density at radius 1 is 1.56 bits per heavy atom. The summed E-state index contributed by atoms with van der Waals surface area (Å²) in [6.45, 7) is 0. The van der Waals surface area contributed by atoms with Crippen molar-refractivity contribution in [2.24, 2.45) is 0 Å². The molecule has 94 valence electrons. The van der Waals surface area contributed by atoms with Crippen molar-refractivity contribution in [2.45, 2.75) is 0 Å². The lowest BCUT2D eigenvalue weighted by molar-refractivity contribution is 0.102. The molecule has 1 aromatic carbocycles. The fraction of sp³-hybridized carbons (Fsp3) is 0.0909. The van der Waals surface area contributed by atoms with Crippen molar-refractivity contribution in [1.82, 2.24) is 4.98 Å². The van der Waals surface area contributed by atoms with Gasteiger partial charge in [-0.25, -0.2) is 4.98 Å². The van der Waals surface area contributed by atoms with Gasteiger partial charge in [0, 0.05) is 0 Å². The van der Waals surface area contributed by atoms with Gasteiger partial charge in [-0.3, -0.25) is 10.1 Å². The number of carbonyl (C=O) groups excluding carboxylic acids is 1. The Balaban J connectivity index is 2.26. The average Bonchev–Trinajstić information content (AvgIpc) is 2.74. The number of para-hydroxylation sites is 1. The number of nitrogen functional groups attached to an aromatic ring is 1. The lowest BCUT2D eigenvalue weighted by Gasteiger charge is -2.09. The van der Waals surface area contributed by atoms with E-state index in [-0.39, 0.29) is 5.91 Å². The third-order valence-electron chi connectivity index (χ3n) is 2.19. The quantitative estimate of drug-likeness (QED) is 0.850. The number of ether oxygens (including phenoxy) is 1. The Kier molecular flexibility index (Phi) is 3.83. The number of rotatable bonds is 3. The fourth-order valence-electron chi connectivity index (χ4n) is 1.44. The normalized spacial score (nSPS) is 10.1. The number of hydrogen-bond acceptors (Lipinski definition) is 5. The molecule has 5 nitrogen and oxygen atoms in total. The van der Waals surface area contributed by atoms with E-state index in [0.29, 0.717) is 22.1 Å². The van der Waals surface area contributed by atoms with Crippen molar-refractivity contribution in [3.8, 4) is 5.75 Å². The zero-order chi connectivity index (χ0) is 13.1. The van der Waals surface area contributed by atoms with Crippen molar-refractivity contribution >= 4 is 44.0 Å². The molecule has 0 aliphatic heterocycles. The van der Waals surface area contributed by atoms with E-state index < -0.39 is 0 Å². The number of methoxy groups -OCH3 is 1. The molecule has 0 aliphatic carbocycles. The van der Waals surface area contributed by atoms with Crippen LogP contribution in [0.2, 0.25) is 0 Å². The van der Waals surface area contributed by atoms with Crippen LogP contribution in [0.4, 0.5) is 10.8 Å². The number of nitrogens with zero attached hydrogens (tertiary/aromatic N) is 1. The molecule has 7 heteroatoms. The van der Waals surface area contributed by atoms with E-state index in [1.807, 2.05) is 0 Å². The molecule has 1 aromatic heterocycles. The molecule has 1 heterocycles. The highest BCUT2D eigenvalue weighted by Crippen LogP contribution is 2.28. The second kappa shape index (κ2) is 5.36. The van der Waals surface area contributed by atoms with Crippen LogP contribution in [0.15, 0.2) is 28.2 Å². The molecule has 0 saturated heterocycles. The predicted octanol–water partition coefficient (Wildman–Crippen LogP) is 2.75. The van der Waals surface area contributed by atoms with Crippen LogP contribution in [0.5, 0.6) is 5.75 Å². The summed E-state index contributed by atoms with van der Waals surface area (Å²) in [6, 6.07) is 5.02. The summed E-state index contributed by atoms with van der Waals surface area (Å²) in [5.41, 5.74) is 6.54. The van der Waals surface area contributed by atoms with E-state index in [2.05, 4.69) is 26.2 Å². The number of aromatic nitrogens is 1. The Morgan fingerprint density at radius 3 is 2.94 bits per heavy atom. The van der Waals surface area contributed by atoms with E-state index in [0.717, 1.165) is 3.79 Å². The highest BCUT2D eigenvalue weighted by Gasteiger charge is 2.15. The van der Waals surface area contributed by atoms with E-state index in [1.165, 1.54) is 18.4 Å². The summed E-state index contributed by atoms with van der Waals surface area (Å²) in [7, 11) is 1.47. The monoisotopic (exact) mass is 327 g/mol. The lowest BCUT2D eigenvalue weighted by atomic mass is 10.1. The molecule has 0 fully saturated rings. The molecule has 1 amide bonds. The van der Waals surface area contributed by atoms with E-state index in [1.54, 1.807) is 24.4 Å². The highest BCUT2D eigenvalue weighted by atomic mass is 79.9. The van der Waals surface area contributed by atoms with E-state index >= 15 is 0 Å². The summed E-state index contributed by atoms with van der Waals surface area (Å²) in [4.78, 5) is 16.1. The van der Waals surface area contributed by atoms with Gasteiger partial charge in [-0.2, -0.15) is 0 Å². The number of halogens is 1. The second-order valence-corrected chi connectivity index (χ2v) is 5.76. The zero-order valence-corrected chi connectivity index (χ0v) is 11.8. The molecule has 3 N–H and O–H groups in total. The third kappa shape index (κ3) is 2.62. The number of hydrogen-bond donors (Lipinski definition) is 2. The van der Waals surface area contributed by atoms with Gasteiger partial charge in [0.05, 0.1) is 28.3 Å². The fourth-order valence-corrected chi connectivity index (χ4v) is 2.54. The minimum absolute atomic E-state index is 0.305. The largest absolute Gasteiger partial charge is 0.494 e. The van der Waals surface area contributed by atoms with Gasteiger partial charge in [0.25, 0.3) is 5.91 Å². The van der Waals surface area contributed by atoms with E-state index in [9.17, 15) is 4.79 Å². The summed E-state index contributed by atoms with van der Waals surface area (Å²) < 4.78 is 5.97. The minimum Gasteiger partial charge on any atom is -0.494 e. The molecule has 18 heavy (non-hydrogen) atoms. The number of nitrogens with one attached hydrogen (secondary N) is 1. The first-order valence-corrected chi connectivity index (χ1v) is 6.58. The highest BCUT2D eigenvalue weighted by molar-refractivity contribution is 9.11. The Bertz CT molecular complexity index is 585. The number of carbonyl (C=O) groups is 1. The van der Waals surface area contributed by atoms with Crippen LogP contribution in [-0.4, -0.2) is 18.0 Å². The molecule has 0 spiro atoms. The number of thiazole rings is 1. The number of nitrogens with two attached hydrogens (primary N) is 1. The van der Waals surface area contributed by atoms with Crippen LogP contribution in [0.25, 0.3) is 0 Å². The van der Waals surface area contributed by atoms with Crippen LogP contribution in [0, 0.1) is 0 Å². The smallest absolute Gasteiger partial charge is 0.261 e. The molecule has 0 bridgehead atoms. The van der Waals surface area contributed by atoms with Crippen LogP contribution < -0.4 is 15.8 Å². The van der Waals surface area contributed by atoms with Gasteiger partial charge >= 0.3 is 0 Å². The van der Waals surface area contributed by atoms with Crippen LogP contribution in [0.1, 0.15) is 10.4 Å². The van der Waals surface area contributed by atoms with Gasteiger partial charge in [-0.05, 0) is 28.1 Å². The van der Waals surface area contributed by atoms with Crippen molar-refractivity contribution in [2.75, 3.05) is 18.2 Å². The van der Waals surface area contributed by atoms with Crippen molar-refractivity contribution in [1.29, 1.82) is 0 Å². The van der Waals surface area contributed by atoms with Crippen LogP contribution in [0.3, 0.4) is 0 Å². The molecule has 2 rings (SSSR count). The van der Waals surface area contributed by atoms with Crippen molar-refractivity contribution < 1.29 is 9.53 Å². The summed E-state index contributed by atoms with van der Waals surface area (Å²) >= 11 is 4.61. The Hall–Kier alpha value is -1.60. The number of benzene rings is 1. The van der Waals surface area contributed by atoms with Crippen LogP contribution >= 0.6 is 27.3 Å². The molecule has 0 atom stereocenters. The lowest BCUT2D eigenvalue weighted by Crippen LogP contribution is -2.13. The first-order chi connectivity index (χ1) is 8.61. The summed E-state index contributed by atoms with van der Waals surface area (Å²) in [6.07, 6.45) is 1.62. The maximum Gasteiger partial charge on any atom is 0.261 e. The van der Waals surface area contributed by atoms with Gasteiger partial charge in [0.2, 0.25) is 0 Å². The van der Waals surface area contributed by atoms with Gasteiger partial charge < -0.3 is 10.5 Å². The van der Waals surface area contributed by atoms with E-state index in [4.69, 9.17) is 10.5 Å². The molecule has 0 radical (unpaired) electrons. The van der Waals surface area contributed by atoms with Crippen LogP contribution in [-0.2, 0) is 0 Å². The van der Waals surface area contributed by atoms with Crippen molar-refractivity contribution in [3.63, 3.8) is 0 Å². The zero-order valence-electron chi connectivity index (χ0n) is 9.44. The summed E-state index contributed by atoms with van der Waals surface area (Å²) in [5, 5.41) is 3.19. The molecular weight excluding hydrogens is 318 g/mol. The Morgan fingerprint density at radius 2 is 2.33 bits per heavy atom. The number of amides is 1. The first kappa shape index (κ1) is 12.8. The minimum atomic E-state index is -0.305. The maximum atomic E-state index is 12.1. The second-order valence-electron chi connectivity index (χ2n) is 3.35. The standard InChI is InChI=1S/C11H10BrN3O2S/c1-17-9-6(3-2-4-7(9)13)10(16)15-11-14-5-8(12)18-11/h2-5H,13H2,1H3,(H,14,15,16). The van der Waals surface area contributed by atoms with Gasteiger partial charge in [0.1, 0.15) is 0 Å². The van der Waals surface area contributed by atoms with Crippen molar-refractivity contribution in [3.05, 3.63) is 33.7 Å². The van der Waals surface area contributed by atoms with Gasteiger partial charge in [-0.1, -0.05) is 17.4 Å². The SMILES string of the molecule is COc1c(N)cccc1C(=O)Nc1ncc(Br)s1. The first-order valence-electron chi connectivity index (χ1n) is 4.97. The molecule has 0 saturated carbocycles. The molecule has 0 aliphatic rings. The van der Waals surface area contributed by atoms with Gasteiger partial charge in [-0.15, -0.1) is 0 Å². The summed E-state index contributed by atoms with van der Waals surface area (Å²) in [5.74, 6) is 0.0617. The average molecular weight is 328 g/mol. The molecule has 0 unspecified atom stereocenters. The molecule has 2 aromatic rings. The van der Waals surface area contributed by atoms with Gasteiger partial charge in [0.15, 0.2) is 10.9 Å². The predicted molar refractivity (Wildman–Crippen MR) is 75.2 cm³/mol. The number of anilines is 2. The third-order valence-corrected chi connectivity index (χ3v) is 3.58.